The molecule has 1 saturated heterocycles. The fraction of sp³-hybridized carbons (Fsp3) is 0.500. The first-order chi connectivity index (χ1) is 7.34. The van der Waals surface area contributed by atoms with Crippen LogP contribution in [0.5, 0.6) is 0 Å². The highest BCUT2D eigenvalue weighted by Gasteiger charge is 2.13. The summed E-state index contributed by atoms with van der Waals surface area (Å²) in [7, 11) is 0. The van der Waals surface area contributed by atoms with Gasteiger partial charge in [0.15, 0.2) is 0 Å². The van der Waals surface area contributed by atoms with E-state index in [0.717, 1.165) is 12.4 Å². The van der Waals surface area contributed by atoms with Crippen molar-refractivity contribution in [2.45, 2.75) is 5.25 Å². The average Bonchev–Trinajstić information content (AvgIpc) is 2.28. The monoisotopic (exact) mass is 241 g/mol. The highest BCUT2D eigenvalue weighted by molar-refractivity contribution is 8.06. The summed E-state index contributed by atoms with van der Waals surface area (Å²) in [6.07, 6.45) is 0. The predicted octanol–water partition coefficient (Wildman–Crippen LogP) is 1.92. The molecule has 1 fully saturated rings. The molecule has 82 valence electrons. The highest BCUT2D eigenvalue weighted by atomic mass is 32.2. The molecule has 0 amide bonds. The zero-order valence-electron chi connectivity index (χ0n) is 8.48. The number of thioether (sulfide) groups is 2. The Kier molecular flexibility index (Phi) is 4.02. The number of anilines is 2. The third kappa shape index (κ3) is 3.50. The third-order valence-electron chi connectivity index (χ3n) is 2.17. The van der Waals surface area contributed by atoms with Crippen molar-refractivity contribution in [3.63, 3.8) is 0 Å². The van der Waals surface area contributed by atoms with Gasteiger partial charge in [-0.3, -0.25) is 0 Å². The molecule has 15 heavy (non-hydrogen) atoms. The van der Waals surface area contributed by atoms with Crippen molar-refractivity contribution < 1.29 is 0 Å². The number of aromatic nitrogens is 1. The molecule has 2 heterocycles. The molecule has 0 aromatic carbocycles. The van der Waals surface area contributed by atoms with Crippen LogP contribution in [-0.2, 0) is 0 Å². The lowest BCUT2D eigenvalue weighted by atomic mass is 10.4. The standard InChI is InChI=1S/C10H15N3S2/c11-9-2-1-3-10(13-9)12-6-8-7-14-4-5-15-8/h1-3,8H,4-7H2,(H3,11,12,13). The maximum Gasteiger partial charge on any atom is 0.128 e. The number of nitrogens with zero attached hydrogens (tertiary/aromatic N) is 1. The van der Waals surface area contributed by atoms with Crippen LogP contribution in [0.2, 0.25) is 0 Å². The molecule has 5 heteroatoms. The van der Waals surface area contributed by atoms with Crippen LogP contribution in [0.4, 0.5) is 11.6 Å². The van der Waals surface area contributed by atoms with Gasteiger partial charge in [-0.25, -0.2) is 4.98 Å². The summed E-state index contributed by atoms with van der Waals surface area (Å²) in [5.41, 5.74) is 5.61. The molecule has 1 unspecified atom stereocenters. The lowest BCUT2D eigenvalue weighted by molar-refractivity contribution is 0.994. The summed E-state index contributed by atoms with van der Waals surface area (Å²) in [5.74, 6) is 5.25. The van der Waals surface area contributed by atoms with Gasteiger partial charge in [0.05, 0.1) is 0 Å². The molecule has 1 aromatic rings. The van der Waals surface area contributed by atoms with E-state index in [1.54, 1.807) is 6.07 Å². The molecule has 0 radical (unpaired) electrons. The van der Waals surface area contributed by atoms with E-state index in [1.807, 2.05) is 35.7 Å². The summed E-state index contributed by atoms with van der Waals surface area (Å²) < 4.78 is 0. The summed E-state index contributed by atoms with van der Waals surface area (Å²) in [6.45, 7) is 0.980. The minimum atomic E-state index is 0.575. The molecule has 3 N–H and O–H groups in total. The van der Waals surface area contributed by atoms with Crippen molar-refractivity contribution in [3.05, 3.63) is 18.2 Å². The number of nitrogens with two attached hydrogens (primary N) is 1. The molecule has 2 rings (SSSR count). The van der Waals surface area contributed by atoms with Crippen LogP contribution in [0.1, 0.15) is 0 Å². The molecule has 0 aliphatic carbocycles. The van der Waals surface area contributed by atoms with Gasteiger partial charge in [0.2, 0.25) is 0 Å². The molecular formula is C10H15N3S2. The van der Waals surface area contributed by atoms with Crippen LogP contribution in [0.15, 0.2) is 18.2 Å². The molecule has 0 spiro atoms. The first-order valence-electron chi connectivity index (χ1n) is 5.00. The van der Waals surface area contributed by atoms with Crippen molar-refractivity contribution in [1.82, 2.24) is 4.98 Å². The third-order valence-corrected chi connectivity index (χ3v) is 5.01. The average molecular weight is 241 g/mol. The zero-order valence-corrected chi connectivity index (χ0v) is 10.1. The number of nitrogens with one attached hydrogen (secondary N) is 1. The molecule has 1 aliphatic rings. The lowest BCUT2D eigenvalue weighted by Gasteiger charge is -2.21. The summed E-state index contributed by atoms with van der Waals surface area (Å²) >= 11 is 4.08. The quantitative estimate of drug-likeness (QED) is 0.847. The van der Waals surface area contributed by atoms with Crippen LogP contribution < -0.4 is 11.1 Å². The van der Waals surface area contributed by atoms with Crippen molar-refractivity contribution in [1.29, 1.82) is 0 Å². The van der Waals surface area contributed by atoms with Crippen LogP contribution in [-0.4, -0.2) is 34.0 Å². The van der Waals surface area contributed by atoms with E-state index in [-0.39, 0.29) is 0 Å². The van der Waals surface area contributed by atoms with Crippen LogP contribution in [0, 0.1) is 0 Å². The van der Waals surface area contributed by atoms with Gasteiger partial charge in [-0.05, 0) is 12.1 Å². The van der Waals surface area contributed by atoms with Crippen LogP contribution in [0.25, 0.3) is 0 Å². The van der Waals surface area contributed by atoms with E-state index < -0.39 is 0 Å². The Morgan fingerprint density at radius 3 is 3.13 bits per heavy atom. The Morgan fingerprint density at radius 1 is 1.47 bits per heavy atom. The molecule has 1 aliphatic heterocycles. The smallest absolute Gasteiger partial charge is 0.128 e. The van der Waals surface area contributed by atoms with Gasteiger partial charge in [-0.1, -0.05) is 6.07 Å². The first kappa shape index (κ1) is 11.0. The fourth-order valence-corrected chi connectivity index (χ4v) is 4.03. The second-order valence-corrected chi connectivity index (χ2v) is 5.95. The molecule has 0 saturated carbocycles. The Bertz CT molecular complexity index is 313. The first-order valence-corrected chi connectivity index (χ1v) is 7.21. The van der Waals surface area contributed by atoms with Gasteiger partial charge in [0.1, 0.15) is 11.6 Å². The van der Waals surface area contributed by atoms with Crippen LogP contribution >= 0.6 is 23.5 Å². The SMILES string of the molecule is Nc1cccc(NCC2CSCCS2)n1. The Morgan fingerprint density at radius 2 is 2.40 bits per heavy atom. The Labute approximate surface area is 98.6 Å². The summed E-state index contributed by atoms with van der Waals surface area (Å²) in [6, 6.07) is 5.68. The van der Waals surface area contributed by atoms with E-state index in [2.05, 4.69) is 10.3 Å². The molecular weight excluding hydrogens is 226 g/mol. The number of hydrogen-bond acceptors (Lipinski definition) is 5. The number of hydrogen-bond donors (Lipinski definition) is 2. The summed E-state index contributed by atoms with van der Waals surface area (Å²) in [4.78, 5) is 4.21. The minimum absolute atomic E-state index is 0.575. The normalized spacial score (nSPS) is 21.2. The fourth-order valence-electron chi connectivity index (χ4n) is 1.42. The maximum atomic E-state index is 5.61. The van der Waals surface area contributed by atoms with E-state index in [4.69, 9.17) is 5.73 Å². The topological polar surface area (TPSA) is 50.9 Å². The molecule has 1 atom stereocenters. The van der Waals surface area contributed by atoms with Gasteiger partial charge >= 0.3 is 0 Å². The predicted molar refractivity (Wildman–Crippen MR) is 70.7 cm³/mol. The van der Waals surface area contributed by atoms with Crippen molar-refractivity contribution in [2.75, 3.05) is 34.9 Å². The molecule has 0 bridgehead atoms. The second-order valence-electron chi connectivity index (χ2n) is 3.40. The van der Waals surface area contributed by atoms with Gasteiger partial charge in [0, 0.05) is 29.1 Å². The van der Waals surface area contributed by atoms with E-state index in [0.29, 0.717) is 11.1 Å². The lowest BCUT2D eigenvalue weighted by Crippen LogP contribution is -2.23. The largest absolute Gasteiger partial charge is 0.384 e. The number of nitrogen functional groups attached to an aromatic ring is 1. The van der Waals surface area contributed by atoms with Crippen molar-refractivity contribution >= 4 is 35.2 Å². The second kappa shape index (κ2) is 5.51. The van der Waals surface area contributed by atoms with Crippen molar-refractivity contribution in [3.8, 4) is 0 Å². The van der Waals surface area contributed by atoms with Gasteiger partial charge < -0.3 is 11.1 Å². The van der Waals surface area contributed by atoms with Gasteiger partial charge in [-0.2, -0.15) is 23.5 Å². The van der Waals surface area contributed by atoms with E-state index in [1.165, 1.54) is 17.3 Å². The minimum Gasteiger partial charge on any atom is -0.384 e. The Hall–Kier alpha value is -0.550. The molecule has 3 nitrogen and oxygen atoms in total. The van der Waals surface area contributed by atoms with E-state index in [9.17, 15) is 0 Å². The van der Waals surface area contributed by atoms with Crippen LogP contribution in [0.3, 0.4) is 0 Å². The Balaban J connectivity index is 1.81. The van der Waals surface area contributed by atoms with Crippen molar-refractivity contribution in [2.24, 2.45) is 0 Å². The maximum absolute atomic E-state index is 5.61. The number of rotatable bonds is 3. The van der Waals surface area contributed by atoms with Gasteiger partial charge in [-0.15, -0.1) is 0 Å². The van der Waals surface area contributed by atoms with Gasteiger partial charge in [0.25, 0.3) is 0 Å². The zero-order chi connectivity index (χ0) is 10.5. The number of pyridine rings is 1. The highest BCUT2D eigenvalue weighted by Crippen LogP contribution is 2.24. The van der Waals surface area contributed by atoms with E-state index >= 15 is 0 Å². The summed E-state index contributed by atoms with van der Waals surface area (Å²) in [5, 5.41) is 4.03. The molecule has 1 aromatic heterocycles.